The third-order valence-corrected chi connectivity index (χ3v) is 5.08. The molecule has 1 aromatic carbocycles. The van der Waals surface area contributed by atoms with Gasteiger partial charge in [0.15, 0.2) is 0 Å². The molecule has 120 valence electrons. The Bertz CT molecular complexity index is 868. The molecule has 0 aliphatic heterocycles. The van der Waals surface area contributed by atoms with Crippen molar-refractivity contribution in [3.8, 4) is 11.3 Å². The number of rotatable bonds is 3. The number of fused-ring (bicyclic) bond motifs is 1. The van der Waals surface area contributed by atoms with Gasteiger partial charge in [0.2, 0.25) is 0 Å². The Labute approximate surface area is 148 Å². The number of halogens is 1. The van der Waals surface area contributed by atoms with Gasteiger partial charge < -0.3 is 5.32 Å². The van der Waals surface area contributed by atoms with Crippen LogP contribution in [0, 0.1) is 0 Å². The Kier molecular flexibility index (Phi) is 4.23. The molecule has 0 unspecified atom stereocenters. The lowest BCUT2D eigenvalue weighted by Gasteiger charge is -2.24. The smallest absolute Gasteiger partial charge is 0.139 e. The van der Waals surface area contributed by atoms with Gasteiger partial charge in [-0.05, 0) is 30.6 Å². The van der Waals surface area contributed by atoms with E-state index in [9.17, 15) is 0 Å². The van der Waals surface area contributed by atoms with Gasteiger partial charge in [-0.15, -0.1) is 0 Å². The van der Waals surface area contributed by atoms with E-state index < -0.39 is 0 Å². The highest BCUT2D eigenvalue weighted by Crippen LogP contribution is 2.34. The summed E-state index contributed by atoms with van der Waals surface area (Å²) in [5, 5.41) is 4.40. The van der Waals surface area contributed by atoms with Crippen LogP contribution >= 0.6 is 11.6 Å². The molecule has 1 saturated carbocycles. The van der Waals surface area contributed by atoms with Gasteiger partial charge in [-0.3, -0.25) is 4.40 Å². The van der Waals surface area contributed by atoms with Crippen LogP contribution < -0.4 is 10.9 Å². The average molecular weight is 336 g/mol. The maximum absolute atomic E-state index is 6.43. The quantitative estimate of drug-likeness (QED) is 0.727. The van der Waals surface area contributed by atoms with Gasteiger partial charge in [0.05, 0.1) is 5.02 Å². The summed E-state index contributed by atoms with van der Waals surface area (Å²) in [4.78, 5) is 4.81. The van der Waals surface area contributed by atoms with E-state index in [-0.39, 0.29) is 0 Å². The Balaban J connectivity index is 1.87. The Morgan fingerprint density at radius 1 is 1.04 bits per heavy atom. The van der Waals surface area contributed by atoms with E-state index in [2.05, 4.69) is 5.32 Å². The molecular formula is C19H19BClN3. The predicted octanol–water partition coefficient (Wildman–Crippen LogP) is 4.19. The zero-order valence-electron chi connectivity index (χ0n) is 13.5. The number of hydrogen-bond acceptors (Lipinski definition) is 2. The molecule has 2 radical (unpaired) electrons. The topological polar surface area (TPSA) is 29.3 Å². The lowest BCUT2D eigenvalue weighted by atomic mass is 9.95. The highest BCUT2D eigenvalue weighted by molar-refractivity contribution is 6.33. The second-order valence-electron chi connectivity index (χ2n) is 6.41. The van der Waals surface area contributed by atoms with E-state index >= 15 is 0 Å². The van der Waals surface area contributed by atoms with Crippen molar-refractivity contribution in [2.45, 2.75) is 38.1 Å². The van der Waals surface area contributed by atoms with E-state index in [1.165, 1.54) is 32.1 Å². The molecule has 1 N–H and O–H groups in total. The second-order valence-corrected chi connectivity index (χ2v) is 6.82. The third-order valence-electron chi connectivity index (χ3n) is 4.75. The molecule has 0 atom stereocenters. The molecule has 2 aromatic heterocycles. The maximum Gasteiger partial charge on any atom is 0.139 e. The molecule has 4 rings (SSSR count). The summed E-state index contributed by atoms with van der Waals surface area (Å²) in [6.45, 7) is 0. The summed E-state index contributed by atoms with van der Waals surface area (Å²) in [5.41, 5.74) is 3.31. The summed E-state index contributed by atoms with van der Waals surface area (Å²) in [6, 6.07) is 14.1. The zero-order valence-corrected chi connectivity index (χ0v) is 14.3. The van der Waals surface area contributed by atoms with Crippen molar-refractivity contribution >= 4 is 36.5 Å². The minimum atomic E-state index is 0.458. The van der Waals surface area contributed by atoms with Crippen LogP contribution in [-0.2, 0) is 0 Å². The normalized spacial score (nSPS) is 15.7. The molecule has 0 amide bonds. The number of hydrogen-bond donors (Lipinski definition) is 1. The fourth-order valence-corrected chi connectivity index (χ4v) is 3.76. The molecule has 1 aliphatic carbocycles. The monoisotopic (exact) mass is 335 g/mol. The van der Waals surface area contributed by atoms with Crippen molar-refractivity contribution in [2.24, 2.45) is 0 Å². The lowest BCUT2D eigenvalue weighted by Crippen LogP contribution is -2.25. The van der Waals surface area contributed by atoms with Crippen LogP contribution in [0.25, 0.3) is 16.9 Å². The Morgan fingerprint density at radius 2 is 1.83 bits per heavy atom. The van der Waals surface area contributed by atoms with Crippen molar-refractivity contribution in [3.63, 3.8) is 0 Å². The van der Waals surface area contributed by atoms with E-state index in [0.29, 0.717) is 16.7 Å². The summed E-state index contributed by atoms with van der Waals surface area (Å²) in [6.07, 6.45) is 6.23. The third kappa shape index (κ3) is 2.80. The lowest BCUT2D eigenvalue weighted by molar-refractivity contribution is 0.462. The molecule has 1 aliphatic rings. The maximum atomic E-state index is 6.43. The summed E-state index contributed by atoms with van der Waals surface area (Å²) < 4.78 is 1.99. The Hall–Kier alpha value is -1.94. The highest BCUT2D eigenvalue weighted by Gasteiger charge is 2.21. The van der Waals surface area contributed by atoms with Gasteiger partial charge in [0, 0.05) is 11.6 Å². The van der Waals surface area contributed by atoms with Crippen LogP contribution in [0.5, 0.6) is 0 Å². The van der Waals surface area contributed by atoms with Gasteiger partial charge in [-0.2, -0.15) is 0 Å². The molecule has 1 fully saturated rings. The summed E-state index contributed by atoms with van der Waals surface area (Å²) in [5.74, 6) is 0.947. The standard InChI is InChI=1S/C19H19BClN3/c20-16-11-6-12-17-23-18(14-9-4-5-10-15(14)21)19(24(16)17)22-13-7-2-1-3-8-13/h4-6,9-13,22H,1-3,7-8H2. The van der Waals surface area contributed by atoms with Crippen molar-refractivity contribution in [3.05, 3.63) is 47.5 Å². The molecule has 2 heterocycles. The molecule has 5 heteroatoms. The minimum Gasteiger partial charge on any atom is -0.367 e. The minimum absolute atomic E-state index is 0.458. The molecule has 3 aromatic rings. The van der Waals surface area contributed by atoms with Crippen molar-refractivity contribution in [1.29, 1.82) is 0 Å². The molecule has 0 saturated heterocycles. The fraction of sp³-hybridized carbons (Fsp3) is 0.316. The van der Waals surface area contributed by atoms with Crippen LogP contribution in [0.15, 0.2) is 42.5 Å². The van der Waals surface area contributed by atoms with E-state index in [1.807, 2.05) is 46.9 Å². The Morgan fingerprint density at radius 3 is 2.62 bits per heavy atom. The van der Waals surface area contributed by atoms with Crippen LogP contribution in [-0.4, -0.2) is 23.3 Å². The number of benzene rings is 1. The molecule has 3 nitrogen and oxygen atoms in total. The number of pyridine rings is 1. The number of imidazole rings is 1. The molecule has 0 spiro atoms. The number of nitrogens with zero attached hydrogens (tertiary/aromatic N) is 2. The van der Waals surface area contributed by atoms with Crippen LogP contribution in [0.2, 0.25) is 5.02 Å². The number of anilines is 1. The predicted molar refractivity (Wildman–Crippen MR) is 102 cm³/mol. The highest BCUT2D eigenvalue weighted by atomic mass is 35.5. The van der Waals surface area contributed by atoms with E-state index in [0.717, 1.165) is 22.7 Å². The average Bonchev–Trinajstić information content (AvgIpc) is 2.96. The van der Waals surface area contributed by atoms with E-state index in [1.54, 1.807) is 0 Å². The molecular weight excluding hydrogens is 316 g/mol. The largest absolute Gasteiger partial charge is 0.367 e. The van der Waals surface area contributed by atoms with Crippen molar-refractivity contribution in [1.82, 2.24) is 9.38 Å². The van der Waals surface area contributed by atoms with E-state index in [4.69, 9.17) is 24.4 Å². The van der Waals surface area contributed by atoms with Gasteiger partial charge >= 0.3 is 0 Å². The SMILES string of the molecule is [B]c1cccc2nc(-c3ccccc3Cl)c(NC3CCCCC3)n12. The first-order chi connectivity index (χ1) is 11.7. The van der Waals surface area contributed by atoms with Crippen LogP contribution in [0.3, 0.4) is 0 Å². The van der Waals surface area contributed by atoms with Gasteiger partial charge in [0.25, 0.3) is 0 Å². The number of aromatic nitrogens is 2. The zero-order chi connectivity index (χ0) is 16.5. The van der Waals surface area contributed by atoms with Crippen LogP contribution in [0.4, 0.5) is 5.82 Å². The van der Waals surface area contributed by atoms with Crippen molar-refractivity contribution in [2.75, 3.05) is 5.32 Å². The number of nitrogens with one attached hydrogen (secondary N) is 1. The summed E-state index contributed by atoms with van der Waals surface area (Å²) >= 11 is 6.43. The first-order valence-corrected chi connectivity index (χ1v) is 8.90. The van der Waals surface area contributed by atoms with Gasteiger partial charge in [0.1, 0.15) is 25.0 Å². The first kappa shape index (κ1) is 15.6. The van der Waals surface area contributed by atoms with Gasteiger partial charge in [-0.25, -0.2) is 4.98 Å². The molecule has 0 bridgehead atoms. The first-order valence-electron chi connectivity index (χ1n) is 8.52. The molecule has 24 heavy (non-hydrogen) atoms. The second kappa shape index (κ2) is 6.52. The fourth-order valence-electron chi connectivity index (χ4n) is 3.53. The van der Waals surface area contributed by atoms with Gasteiger partial charge in [-0.1, -0.05) is 61.2 Å². The van der Waals surface area contributed by atoms with Crippen molar-refractivity contribution < 1.29 is 0 Å². The summed E-state index contributed by atoms with van der Waals surface area (Å²) in [7, 11) is 6.24. The van der Waals surface area contributed by atoms with Crippen LogP contribution in [0.1, 0.15) is 32.1 Å².